The summed E-state index contributed by atoms with van der Waals surface area (Å²) in [5.41, 5.74) is 0. The molecule has 27 heavy (non-hydrogen) atoms. The van der Waals surface area contributed by atoms with Crippen LogP contribution in [0.3, 0.4) is 0 Å². The van der Waals surface area contributed by atoms with Gasteiger partial charge in [-0.1, -0.05) is 80.1 Å². The lowest BCUT2D eigenvalue weighted by atomic mass is 10.4. The van der Waals surface area contributed by atoms with E-state index in [1.807, 2.05) is 0 Å². The summed E-state index contributed by atoms with van der Waals surface area (Å²) in [6.07, 6.45) is 7.92. The van der Waals surface area contributed by atoms with Crippen LogP contribution in [-0.4, -0.2) is 44.0 Å². The Kier molecular flexibility index (Phi) is 44.0. The van der Waals surface area contributed by atoms with Gasteiger partial charge in [0, 0.05) is 0 Å². The maximum absolute atomic E-state index is 8.88. The van der Waals surface area contributed by atoms with E-state index in [-0.39, 0.29) is 0 Å². The highest BCUT2D eigenvalue weighted by molar-refractivity contribution is 7.45. The predicted octanol–water partition coefficient (Wildman–Crippen LogP) is 2.63. The van der Waals surface area contributed by atoms with E-state index < -0.39 is 23.5 Å². The molecule has 0 aromatic rings. The number of phosphoric acid groups is 3. The van der Waals surface area contributed by atoms with E-state index in [2.05, 4.69) is 41.5 Å². The van der Waals surface area contributed by atoms with Crippen LogP contribution in [0.15, 0.2) is 0 Å². The van der Waals surface area contributed by atoms with Crippen molar-refractivity contribution in [2.45, 2.75) is 80.1 Å². The number of hydrogen-bond acceptors (Lipinski definition) is 3. The molecule has 15 heteroatoms. The van der Waals surface area contributed by atoms with E-state index in [1.54, 1.807) is 0 Å². The Hall–Kier alpha value is 0.330. The lowest BCUT2D eigenvalue weighted by molar-refractivity contribution is 0.272. The third kappa shape index (κ3) is 1410. The van der Waals surface area contributed by atoms with Gasteiger partial charge in [0.2, 0.25) is 0 Å². The van der Waals surface area contributed by atoms with Crippen LogP contribution in [0.2, 0.25) is 0 Å². The first-order chi connectivity index (χ1) is 11.7. The van der Waals surface area contributed by atoms with Gasteiger partial charge in [-0.15, -0.1) is 0 Å². The fraction of sp³-hybridized carbons (Fsp3) is 1.00. The van der Waals surface area contributed by atoms with Crippen LogP contribution in [0.25, 0.3) is 0 Å². The van der Waals surface area contributed by atoms with E-state index in [0.29, 0.717) is 0 Å². The zero-order chi connectivity index (χ0) is 23.7. The maximum atomic E-state index is 8.88. The van der Waals surface area contributed by atoms with Gasteiger partial charge >= 0.3 is 23.5 Å². The normalized spacial score (nSPS) is 9.89. The maximum Gasteiger partial charge on any atom is 0.466 e. The van der Waals surface area contributed by atoms with E-state index in [0.717, 1.165) is 0 Å². The molecule has 0 radical (unpaired) electrons. The summed E-state index contributed by atoms with van der Waals surface area (Å²) in [6.45, 7) is 13.1. The minimum absolute atomic E-state index is 1.32. The zero-order valence-electron chi connectivity index (χ0n) is 16.8. The summed E-state index contributed by atoms with van der Waals surface area (Å²) in [5.74, 6) is 0. The predicted molar refractivity (Wildman–Crippen MR) is 105 cm³/mol. The minimum atomic E-state index is -4.64. The first kappa shape index (κ1) is 41.6. The van der Waals surface area contributed by atoms with Crippen LogP contribution in [0.1, 0.15) is 80.1 Å². The van der Waals surface area contributed by atoms with Crippen molar-refractivity contribution in [2.24, 2.45) is 0 Å². The molecule has 0 aromatic carbocycles. The number of rotatable bonds is 3. The van der Waals surface area contributed by atoms with Gasteiger partial charge in [-0.2, -0.15) is 0 Å². The summed E-state index contributed by atoms with van der Waals surface area (Å²) in [6, 6.07) is 0. The standard InChI is InChI=1S/3C4H10.3H3O4P/c3*1-3-4-2;3*1-5(2,3)4/h3*3-4H2,1-2H3;3*(H3,1,2,3,4). The summed E-state index contributed by atoms with van der Waals surface area (Å²) >= 11 is 0. The number of hydrogen-bond donors (Lipinski definition) is 9. The average Bonchev–Trinajstić information content (AvgIpc) is 2.42. The minimum Gasteiger partial charge on any atom is -0.303 e. The highest BCUT2D eigenvalue weighted by atomic mass is 31.2. The summed E-state index contributed by atoms with van der Waals surface area (Å²) in [4.78, 5) is 64.7. The molecule has 12 nitrogen and oxygen atoms in total. The van der Waals surface area contributed by atoms with Gasteiger partial charge in [-0.05, 0) is 0 Å². The molecular formula is C12H39O12P3. The molecule has 0 atom stereocenters. The van der Waals surface area contributed by atoms with E-state index in [9.17, 15) is 0 Å². The number of unbranched alkanes of at least 4 members (excludes halogenated alkanes) is 3. The largest absolute Gasteiger partial charge is 0.466 e. The Morgan fingerprint density at radius 3 is 0.407 bits per heavy atom. The van der Waals surface area contributed by atoms with Crippen LogP contribution in [0.5, 0.6) is 0 Å². The topological polar surface area (TPSA) is 233 Å². The highest BCUT2D eigenvalue weighted by Gasteiger charge is 2.01. The second-order valence-corrected chi connectivity index (χ2v) is 7.62. The van der Waals surface area contributed by atoms with Crippen molar-refractivity contribution in [3.05, 3.63) is 0 Å². The first-order valence-electron chi connectivity index (χ1n) is 8.09. The van der Waals surface area contributed by atoms with E-state index in [1.165, 1.54) is 38.5 Å². The van der Waals surface area contributed by atoms with E-state index in [4.69, 9.17) is 57.7 Å². The van der Waals surface area contributed by atoms with Gasteiger partial charge in [0.05, 0.1) is 0 Å². The van der Waals surface area contributed by atoms with Gasteiger partial charge in [-0.3, -0.25) is 0 Å². The van der Waals surface area contributed by atoms with Crippen LogP contribution in [-0.2, 0) is 13.7 Å². The molecule has 0 saturated heterocycles. The molecule has 0 aliphatic carbocycles. The van der Waals surface area contributed by atoms with Gasteiger partial charge < -0.3 is 44.0 Å². The Balaban J connectivity index is -0.0000000492. The first-order valence-corrected chi connectivity index (χ1v) is 12.8. The van der Waals surface area contributed by atoms with Crippen molar-refractivity contribution in [3.8, 4) is 0 Å². The fourth-order valence-corrected chi connectivity index (χ4v) is 0. The van der Waals surface area contributed by atoms with Gasteiger partial charge in [0.15, 0.2) is 0 Å². The molecule has 0 spiro atoms. The molecular weight excluding hydrogens is 429 g/mol. The van der Waals surface area contributed by atoms with E-state index >= 15 is 0 Å². The Labute approximate surface area is 162 Å². The van der Waals surface area contributed by atoms with Gasteiger partial charge in [0.25, 0.3) is 0 Å². The molecule has 0 unspecified atom stereocenters. The molecule has 0 rings (SSSR count). The zero-order valence-corrected chi connectivity index (χ0v) is 19.5. The summed E-state index contributed by atoms with van der Waals surface area (Å²) in [5, 5.41) is 0. The molecule has 0 amide bonds. The van der Waals surface area contributed by atoms with Crippen LogP contribution < -0.4 is 0 Å². The lowest BCUT2D eigenvalue weighted by Gasteiger charge is -1.82. The summed E-state index contributed by atoms with van der Waals surface area (Å²) in [7, 11) is -13.9. The molecule has 0 fully saturated rings. The molecule has 0 heterocycles. The molecule has 0 saturated carbocycles. The Bertz CT molecular complexity index is 286. The van der Waals surface area contributed by atoms with Crippen LogP contribution >= 0.6 is 23.5 Å². The van der Waals surface area contributed by atoms with Gasteiger partial charge in [0.1, 0.15) is 0 Å². The van der Waals surface area contributed by atoms with Crippen LogP contribution in [0, 0.1) is 0 Å². The van der Waals surface area contributed by atoms with Crippen molar-refractivity contribution in [1.82, 2.24) is 0 Å². The average molecular weight is 468 g/mol. The van der Waals surface area contributed by atoms with Crippen molar-refractivity contribution in [2.75, 3.05) is 0 Å². The van der Waals surface area contributed by atoms with Crippen molar-refractivity contribution >= 4 is 23.5 Å². The van der Waals surface area contributed by atoms with Crippen molar-refractivity contribution < 1.29 is 57.7 Å². The van der Waals surface area contributed by atoms with Gasteiger partial charge in [-0.25, -0.2) is 13.7 Å². The lowest BCUT2D eigenvalue weighted by Crippen LogP contribution is -1.66. The SMILES string of the molecule is CCCC.CCCC.CCCC.O=P(O)(O)O.O=P(O)(O)O.O=P(O)(O)O. The smallest absolute Gasteiger partial charge is 0.303 e. The Morgan fingerprint density at radius 2 is 0.407 bits per heavy atom. The second-order valence-electron chi connectivity index (χ2n) is 4.54. The summed E-state index contributed by atoms with van der Waals surface area (Å²) < 4.78 is 26.6. The quantitative estimate of drug-likeness (QED) is 0.272. The van der Waals surface area contributed by atoms with Crippen molar-refractivity contribution in [3.63, 3.8) is 0 Å². The highest BCUT2D eigenvalue weighted by Crippen LogP contribution is 2.26. The molecule has 0 aliphatic rings. The third-order valence-electron chi connectivity index (χ3n) is 1.50. The molecule has 9 N–H and O–H groups in total. The second kappa shape index (κ2) is 28.5. The molecule has 0 aromatic heterocycles. The molecule has 174 valence electrons. The molecule has 0 bridgehead atoms. The Morgan fingerprint density at radius 1 is 0.370 bits per heavy atom. The monoisotopic (exact) mass is 468 g/mol. The molecule has 0 aliphatic heterocycles. The van der Waals surface area contributed by atoms with Crippen LogP contribution in [0.4, 0.5) is 0 Å². The van der Waals surface area contributed by atoms with Crippen molar-refractivity contribution in [1.29, 1.82) is 0 Å². The third-order valence-corrected chi connectivity index (χ3v) is 1.50. The fourth-order valence-electron chi connectivity index (χ4n) is 0.